The second-order valence-corrected chi connectivity index (χ2v) is 4.56. The van der Waals surface area contributed by atoms with Crippen molar-refractivity contribution < 1.29 is 4.79 Å². The molecule has 0 unspecified atom stereocenters. The van der Waals surface area contributed by atoms with Crippen LogP contribution in [0.15, 0.2) is 54.9 Å². The molecular weight excluding hydrogens is 236 g/mol. The van der Waals surface area contributed by atoms with Gasteiger partial charge in [-0.15, -0.1) is 0 Å². The van der Waals surface area contributed by atoms with E-state index in [1.807, 2.05) is 49.4 Å². The van der Waals surface area contributed by atoms with Crippen LogP contribution in [0, 0.1) is 0 Å². The van der Waals surface area contributed by atoms with Crippen molar-refractivity contribution in [2.45, 2.75) is 25.8 Å². The summed E-state index contributed by atoms with van der Waals surface area (Å²) < 4.78 is 0. The summed E-state index contributed by atoms with van der Waals surface area (Å²) in [6.07, 6.45) is 4.76. The third-order valence-electron chi connectivity index (χ3n) is 3.07. The van der Waals surface area contributed by atoms with Gasteiger partial charge in [-0.1, -0.05) is 30.3 Å². The summed E-state index contributed by atoms with van der Waals surface area (Å²) in [4.78, 5) is 15.8. The fraction of sp³-hybridized carbons (Fsp3) is 0.250. The lowest BCUT2D eigenvalue weighted by molar-refractivity contribution is -0.121. The van der Waals surface area contributed by atoms with Crippen LogP contribution >= 0.6 is 0 Å². The molecule has 0 aliphatic carbocycles. The third kappa shape index (κ3) is 4.21. The van der Waals surface area contributed by atoms with Crippen molar-refractivity contribution in [2.75, 3.05) is 0 Å². The van der Waals surface area contributed by atoms with E-state index >= 15 is 0 Å². The van der Waals surface area contributed by atoms with Crippen LogP contribution in [0.25, 0.3) is 0 Å². The van der Waals surface area contributed by atoms with Crippen LogP contribution in [0.4, 0.5) is 0 Å². The molecule has 3 nitrogen and oxygen atoms in total. The van der Waals surface area contributed by atoms with Gasteiger partial charge < -0.3 is 5.32 Å². The van der Waals surface area contributed by atoms with Gasteiger partial charge in [0, 0.05) is 18.8 Å². The van der Waals surface area contributed by atoms with Crippen molar-refractivity contribution >= 4 is 5.91 Å². The Morgan fingerprint density at radius 2 is 1.84 bits per heavy atom. The third-order valence-corrected chi connectivity index (χ3v) is 3.07. The number of hydrogen-bond acceptors (Lipinski definition) is 2. The minimum absolute atomic E-state index is 0.0197. The van der Waals surface area contributed by atoms with Gasteiger partial charge in [-0.05, 0) is 36.6 Å². The number of nitrogens with zero attached hydrogens (tertiary/aromatic N) is 1. The van der Waals surface area contributed by atoms with Gasteiger partial charge in [-0.3, -0.25) is 9.78 Å². The van der Waals surface area contributed by atoms with Gasteiger partial charge in [0.1, 0.15) is 0 Å². The van der Waals surface area contributed by atoms with E-state index in [9.17, 15) is 4.79 Å². The highest BCUT2D eigenvalue weighted by Crippen LogP contribution is 2.10. The van der Waals surface area contributed by atoms with Crippen molar-refractivity contribution in [3.63, 3.8) is 0 Å². The Morgan fingerprint density at radius 1 is 1.16 bits per heavy atom. The molecule has 0 radical (unpaired) electrons. The molecule has 2 rings (SSSR count). The average molecular weight is 254 g/mol. The van der Waals surface area contributed by atoms with E-state index in [0.717, 1.165) is 12.0 Å². The number of pyridine rings is 1. The Labute approximate surface area is 113 Å². The lowest BCUT2D eigenvalue weighted by atomic mass is 10.1. The van der Waals surface area contributed by atoms with Crippen molar-refractivity contribution in [3.8, 4) is 0 Å². The Morgan fingerprint density at radius 3 is 2.53 bits per heavy atom. The Kier molecular flexibility index (Phi) is 4.67. The molecule has 1 heterocycles. The van der Waals surface area contributed by atoms with Gasteiger partial charge in [-0.25, -0.2) is 0 Å². The first-order valence-corrected chi connectivity index (χ1v) is 6.49. The maximum atomic E-state index is 11.9. The van der Waals surface area contributed by atoms with E-state index in [-0.39, 0.29) is 11.9 Å². The maximum absolute atomic E-state index is 11.9. The predicted octanol–water partition coefficient (Wildman–Crippen LogP) is 2.89. The van der Waals surface area contributed by atoms with E-state index in [2.05, 4.69) is 10.3 Å². The maximum Gasteiger partial charge on any atom is 0.220 e. The molecule has 0 spiro atoms. The molecule has 1 aromatic heterocycles. The van der Waals surface area contributed by atoms with E-state index < -0.39 is 0 Å². The average Bonchev–Trinajstić information content (AvgIpc) is 2.47. The lowest BCUT2D eigenvalue weighted by Crippen LogP contribution is -2.26. The highest BCUT2D eigenvalue weighted by Gasteiger charge is 2.09. The van der Waals surface area contributed by atoms with E-state index in [1.165, 1.54) is 5.56 Å². The zero-order valence-electron chi connectivity index (χ0n) is 11.0. The monoisotopic (exact) mass is 254 g/mol. The molecule has 98 valence electrons. The number of carbonyl (C=O) groups excluding carboxylic acids is 1. The lowest BCUT2D eigenvalue weighted by Gasteiger charge is -2.14. The van der Waals surface area contributed by atoms with Crippen LogP contribution in [-0.2, 0) is 11.2 Å². The molecule has 1 atom stereocenters. The molecule has 1 N–H and O–H groups in total. The number of amides is 1. The predicted molar refractivity (Wildman–Crippen MR) is 75.6 cm³/mol. The summed E-state index contributed by atoms with van der Waals surface area (Å²) in [5.74, 6) is 0.0770. The topological polar surface area (TPSA) is 42.0 Å². The van der Waals surface area contributed by atoms with Crippen LogP contribution in [0.5, 0.6) is 0 Å². The highest BCUT2D eigenvalue weighted by atomic mass is 16.1. The molecular formula is C16H18N2O. The quantitative estimate of drug-likeness (QED) is 0.891. The number of aryl methyl sites for hydroxylation is 1. The van der Waals surface area contributed by atoms with Crippen molar-refractivity contribution in [1.29, 1.82) is 0 Å². The molecule has 3 heteroatoms. The van der Waals surface area contributed by atoms with Crippen molar-refractivity contribution in [2.24, 2.45) is 0 Å². The molecule has 0 bridgehead atoms. The van der Waals surface area contributed by atoms with Crippen molar-refractivity contribution in [3.05, 3.63) is 66.0 Å². The second-order valence-electron chi connectivity index (χ2n) is 4.56. The first kappa shape index (κ1) is 13.3. The van der Waals surface area contributed by atoms with Gasteiger partial charge in [0.15, 0.2) is 0 Å². The molecule has 0 aliphatic rings. The van der Waals surface area contributed by atoms with Crippen LogP contribution in [0.1, 0.15) is 30.5 Å². The number of hydrogen-bond donors (Lipinski definition) is 1. The molecule has 1 amide bonds. The number of rotatable bonds is 5. The minimum Gasteiger partial charge on any atom is -0.350 e. The summed E-state index contributed by atoms with van der Waals surface area (Å²) >= 11 is 0. The van der Waals surface area contributed by atoms with Crippen LogP contribution < -0.4 is 5.32 Å². The zero-order chi connectivity index (χ0) is 13.5. The first-order valence-electron chi connectivity index (χ1n) is 6.49. The number of nitrogens with one attached hydrogen (secondary N) is 1. The van der Waals surface area contributed by atoms with Crippen LogP contribution in [0.3, 0.4) is 0 Å². The van der Waals surface area contributed by atoms with E-state index in [0.29, 0.717) is 6.42 Å². The zero-order valence-corrected chi connectivity index (χ0v) is 11.0. The Hall–Kier alpha value is -2.16. The fourth-order valence-electron chi connectivity index (χ4n) is 1.95. The summed E-state index contributed by atoms with van der Waals surface area (Å²) in [5, 5.41) is 3.00. The number of benzene rings is 1. The van der Waals surface area contributed by atoms with Gasteiger partial charge in [-0.2, -0.15) is 0 Å². The standard InChI is InChI=1S/C16H18N2O/c1-13(15-9-11-17-12-10-15)18-16(19)8-7-14-5-3-2-4-6-14/h2-6,9-13H,7-8H2,1H3,(H,18,19)/t13-/m1/s1. The van der Waals surface area contributed by atoms with Gasteiger partial charge >= 0.3 is 0 Å². The SMILES string of the molecule is C[C@@H](NC(=O)CCc1ccccc1)c1ccncc1. The molecule has 1 aromatic carbocycles. The Balaban J connectivity index is 1.82. The molecule has 2 aromatic rings. The fourth-order valence-corrected chi connectivity index (χ4v) is 1.95. The summed E-state index contributed by atoms with van der Waals surface area (Å²) in [6, 6.07) is 13.9. The van der Waals surface area contributed by atoms with E-state index in [4.69, 9.17) is 0 Å². The summed E-state index contributed by atoms with van der Waals surface area (Å²) in [6.45, 7) is 1.98. The summed E-state index contributed by atoms with van der Waals surface area (Å²) in [5.41, 5.74) is 2.26. The van der Waals surface area contributed by atoms with Gasteiger partial charge in [0.2, 0.25) is 5.91 Å². The summed E-state index contributed by atoms with van der Waals surface area (Å²) in [7, 11) is 0. The van der Waals surface area contributed by atoms with Crippen molar-refractivity contribution in [1.82, 2.24) is 10.3 Å². The van der Waals surface area contributed by atoms with Crippen LogP contribution in [0.2, 0.25) is 0 Å². The highest BCUT2D eigenvalue weighted by molar-refractivity contribution is 5.76. The first-order chi connectivity index (χ1) is 9.25. The number of carbonyl (C=O) groups is 1. The molecule has 19 heavy (non-hydrogen) atoms. The molecule has 0 saturated heterocycles. The normalized spacial score (nSPS) is 11.8. The Bertz CT molecular complexity index is 511. The van der Waals surface area contributed by atoms with E-state index in [1.54, 1.807) is 12.4 Å². The van der Waals surface area contributed by atoms with Gasteiger partial charge in [0.25, 0.3) is 0 Å². The molecule has 0 fully saturated rings. The van der Waals surface area contributed by atoms with Crippen LogP contribution in [-0.4, -0.2) is 10.9 Å². The largest absolute Gasteiger partial charge is 0.350 e. The molecule has 0 aliphatic heterocycles. The smallest absolute Gasteiger partial charge is 0.220 e. The molecule has 0 saturated carbocycles. The van der Waals surface area contributed by atoms with Gasteiger partial charge in [0.05, 0.1) is 6.04 Å². The number of aromatic nitrogens is 1. The second kappa shape index (κ2) is 6.69. The minimum atomic E-state index is 0.0197.